The average Bonchev–Trinajstić information content (AvgIpc) is 1.80. The van der Waals surface area contributed by atoms with Gasteiger partial charge in [-0.25, -0.2) is 0 Å². The standard InChI is InChI=1S/C9H21OP/c1-8(2)9(3)6-7-11(4,5)10/h8-9H,6-7H2,1-5H3. The van der Waals surface area contributed by atoms with E-state index in [4.69, 9.17) is 0 Å². The molecule has 68 valence electrons. The van der Waals surface area contributed by atoms with Gasteiger partial charge in [0, 0.05) is 6.16 Å². The van der Waals surface area contributed by atoms with Crippen LogP contribution in [0.5, 0.6) is 0 Å². The van der Waals surface area contributed by atoms with Crippen LogP contribution in [-0.4, -0.2) is 19.5 Å². The van der Waals surface area contributed by atoms with Gasteiger partial charge in [0.05, 0.1) is 7.14 Å². The minimum Gasteiger partial charge on any atom is -0.324 e. The Kier molecular flexibility index (Phi) is 4.39. The summed E-state index contributed by atoms with van der Waals surface area (Å²) in [6.07, 6.45) is 2.02. The highest BCUT2D eigenvalue weighted by Crippen LogP contribution is 2.38. The second-order valence-electron chi connectivity index (χ2n) is 4.31. The van der Waals surface area contributed by atoms with Crippen molar-refractivity contribution in [3.05, 3.63) is 0 Å². The predicted molar refractivity (Wildman–Crippen MR) is 52.9 cm³/mol. The van der Waals surface area contributed by atoms with Gasteiger partial charge in [-0.2, -0.15) is 0 Å². The third kappa shape index (κ3) is 6.62. The molecular weight excluding hydrogens is 155 g/mol. The van der Waals surface area contributed by atoms with Gasteiger partial charge < -0.3 is 4.57 Å². The Labute approximate surface area is 70.9 Å². The van der Waals surface area contributed by atoms with Crippen LogP contribution in [-0.2, 0) is 4.57 Å². The minimum absolute atomic E-state index is 0.711. The fourth-order valence-corrected chi connectivity index (χ4v) is 1.88. The van der Waals surface area contributed by atoms with Crippen molar-refractivity contribution in [2.24, 2.45) is 11.8 Å². The number of rotatable bonds is 4. The van der Waals surface area contributed by atoms with Gasteiger partial charge in [0.1, 0.15) is 0 Å². The fourth-order valence-electron chi connectivity index (χ4n) is 0.848. The van der Waals surface area contributed by atoms with E-state index < -0.39 is 7.14 Å². The van der Waals surface area contributed by atoms with Gasteiger partial charge in [0.15, 0.2) is 0 Å². The average molecular weight is 176 g/mol. The van der Waals surface area contributed by atoms with E-state index in [1.54, 1.807) is 0 Å². The summed E-state index contributed by atoms with van der Waals surface area (Å²) in [5.41, 5.74) is 0. The van der Waals surface area contributed by atoms with Crippen LogP contribution in [0.25, 0.3) is 0 Å². The molecule has 1 nitrogen and oxygen atoms in total. The molecule has 0 aliphatic rings. The summed E-state index contributed by atoms with van der Waals surface area (Å²) in [5.74, 6) is 1.43. The first kappa shape index (κ1) is 11.2. The molecule has 0 spiro atoms. The van der Waals surface area contributed by atoms with Crippen molar-refractivity contribution < 1.29 is 4.57 Å². The van der Waals surface area contributed by atoms with Crippen molar-refractivity contribution in [2.45, 2.75) is 27.2 Å². The first-order valence-electron chi connectivity index (χ1n) is 4.37. The molecule has 1 unspecified atom stereocenters. The molecule has 0 rings (SSSR count). The van der Waals surface area contributed by atoms with E-state index in [2.05, 4.69) is 20.8 Å². The third-order valence-corrected chi connectivity index (χ3v) is 3.60. The number of hydrogen-bond donors (Lipinski definition) is 0. The molecule has 0 N–H and O–H groups in total. The maximum Gasteiger partial charge on any atom is 0.0819 e. The molecule has 0 saturated heterocycles. The Morgan fingerprint density at radius 1 is 1.18 bits per heavy atom. The minimum atomic E-state index is -1.76. The van der Waals surface area contributed by atoms with Crippen LogP contribution in [0.2, 0.25) is 0 Å². The van der Waals surface area contributed by atoms with Crippen LogP contribution < -0.4 is 0 Å². The Balaban J connectivity index is 3.63. The quantitative estimate of drug-likeness (QED) is 0.601. The highest BCUT2D eigenvalue weighted by molar-refractivity contribution is 7.62. The first-order valence-corrected chi connectivity index (χ1v) is 7.15. The van der Waals surface area contributed by atoms with E-state index in [1.807, 2.05) is 13.3 Å². The zero-order valence-electron chi connectivity index (χ0n) is 8.42. The molecule has 0 aromatic carbocycles. The van der Waals surface area contributed by atoms with Gasteiger partial charge >= 0.3 is 0 Å². The topological polar surface area (TPSA) is 17.1 Å². The van der Waals surface area contributed by atoms with Crippen LogP contribution in [0.4, 0.5) is 0 Å². The lowest BCUT2D eigenvalue weighted by atomic mass is 9.96. The molecule has 2 heteroatoms. The van der Waals surface area contributed by atoms with Gasteiger partial charge in [0.2, 0.25) is 0 Å². The van der Waals surface area contributed by atoms with Crippen molar-refractivity contribution in [1.82, 2.24) is 0 Å². The maximum absolute atomic E-state index is 11.3. The van der Waals surface area contributed by atoms with Gasteiger partial charge in [0.25, 0.3) is 0 Å². The van der Waals surface area contributed by atoms with Crippen LogP contribution >= 0.6 is 7.14 Å². The van der Waals surface area contributed by atoms with E-state index in [9.17, 15) is 4.57 Å². The lowest BCUT2D eigenvalue weighted by Crippen LogP contribution is -2.05. The van der Waals surface area contributed by atoms with Crippen LogP contribution in [0.3, 0.4) is 0 Å². The van der Waals surface area contributed by atoms with E-state index in [0.717, 1.165) is 18.5 Å². The summed E-state index contributed by atoms with van der Waals surface area (Å²) in [5, 5.41) is 0. The molecule has 0 aliphatic carbocycles. The highest BCUT2D eigenvalue weighted by atomic mass is 31.2. The van der Waals surface area contributed by atoms with Crippen LogP contribution in [0, 0.1) is 11.8 Å². The van der Waals surface area contributed by atoms with Crippen LogP contribution in [0.15, 0.2) is 0 Å². The molecule has 0 amide bonds. The Bertz CT molecular complexity index is 146. The SMILES string of the molecule is CC(C)C(C)CCP(C)(C)=O. The lowest BCUT2D eigenvalue weighted by molar-refractivity contribution is 0.407. The van der Waals surface area contributed by atoms with Gasteiger partial charge in [-0.15, -0.1) is 0 Å². The molecule has 0 bridgehead atoms. The summed E-state index contributed by atoms with van der Waals surface area (Å²) in [6.45, 7) is 10.4. The summed E-state index contributed by atoms with van der Waals surface area (Å²) >= 11 is 0. The molecule has 0 fully saturated rings. The second-order valence-corrected chi connectivity index (χ2v) is 7.90. The lowest BCUT2D eigenvalue weighted by Gasteiger charge is -2.16. The molecule has 0 radical (unpaired) electrons. The Morgan fingerprint density at radius 3 is 1.91 bits per heavy atom. The summed E-state index contributed by atoms with van der Waals surface area (Å²) in [6, 6.07) is 0. The number of hydrogen-bond acceptors (Lipinski definition) is 1. The smallest absolute Gasteiger partial charge is 0.0819 e. The zero-order chi connectivity index (χ0) is 9.07. The van der Waals surface area contributed by atoms with Gasteiger partial charge in [-0.05, 0) is 31.6 Å². The van der Waals surface area contributed by atoms with Crippen molar-refractivity contribution in [2.75, 3.05) is 19.5 Å². The van der Waals surface area contributed by atoms with Crippen molar-refractivity contribution in [3.8, 4) is 0 Å². The molecule has 0 saturated carbocycles. The van der Waals surface area contributed by atoms with E-state index >= 15 is 0 Å². The second kappa shape index (κ2) is 4.30. The Morgan fingerprint density at radius 2 is 1.64 bits per heavy atom. The predicted octanol–water partition coefficient (Wildman–Crippen LogP) is 3.29. The highest BCUT2D eigenvalue weighted by Gasteiger charge is 2.12. The maximum atomic E-state index is 11.3. The summed E-state index contributed by atoms with van der Waals surface area (Å²) < 4.78 is 11.3. The van der Waals surface area contributed by atoms with E-state index in [0.29, 0.717) is 5.92 Å². The zero-order valence-corrected chi connectivity index (χ0v) is 9.32. The molecule has 0 aromatic rings. The molecule has 1 atom stereocenters. The Hall–Kier alpha value is 0.230. The molecule has 0 aliphatic heterocycles. The first-order chi connectivity index (χ1) is 4.83. The molecule has 0 aromatic heterocycles. The summed E-state index contributed by atoms with van der Waals surface area (Å²) in [7, 11) is -1.76. The third-order valence-electron chi connectivity index (χ3n) is 2.26. The fraction of sp³-hybridized carbons (Fsp3) is 1.00. The summed E-state index contributed by atoms with van der Waals surface area (Å²) in [4.78, 5) is 0. The van der Waals surface area contributed by atoms with Gasteiger partial charge in [-0.1, -0.05) is 20.8 Å². The van der Waals surface area contributed by atoms with Gasteiger partial charge in [-0.3, -0.25) is 0 Å². The molecular formula is C9H21OP. The molecule has 11 heavy (non-hydrogen) atoms. The monoisotopic (exact) mass is 176 g/mol. The van der Waals surface area contributed by atoms with Crippen molar-refractivity contribution in [3.63, 3.8) is 0 Å². The van der Waals surface area contributed by atoms with E-state index in [1.165, 1.54) is 0 Å². The largest absolute Gasteiger partial charge is 0.324 e. The van der Waals surface area contributed by atoms with Crippen molar-refractivity contribution in [1.29, 1.82) is 0 Å². The molecule has 0 heterocycles. The van der Waals surface area contributed by atoms with Crippen molar-refractivity contribution >= 4 is 7.14 Å². The normalized spacial score (nSPS) is 15.5. The van der Waals surface area contributed by atoms with E-state index in [-0.39, 0.29) is 0 Å². The van der Waals surface area contributed by atoms with Crippen LogP contribution in [0.1, 0.15) is 27.2 Å².